The van der Waals surface area contributed by atoms with Crippen LogP contribution < -0.4 is 38.7 Å². The van der Waals surface area contributed by atoms with Crippen LogP contribution in [0.25, 0.3) is 0 Å². The van der Waals surface area contributed by atoms with Crippen molar-refractivity contribution in [1.29, 1.82) is 5.41 Å². The lowest BCUT2D eigenvalue weighted by Crippen LogP contribution is -2.46. The number of aliphatic hydroxyl groups is 2. The molecule has 1 fully saturated rings. The summed E-state index contributed by atoms with van der Waals surface area (Å²) in [4.78, 5) is 62.8. The van der Waals surface area contributed by atoms with Crippen LogP contribution in [0.3, 0.4) is 0 Å². The Morgan fingerprint density at radius 3 is 2.47 bits per heavy atom. The molecule has 0 bridgehead atoms. The Kier molecular flexibility index (Phi) is 9.28. The summed E-state index contributed by atoms with van der Waals surface area (Å²) >= 11 is 0. The molecule has 0 aliphatic carbocycles. The van der Waals surface area contributed by atoms with Crippen molar-refractivity contribution < 1.29 is 29.3 Å². The molecule has 3 amide bonds. The quantitative estimate of drug-likeness (QED) is 0.105. The maximum absolute atomic E-state index is 12.4. The van der Waals surface area contributed by atoms with Crippen molar-refractivity contribution in [3.8, 4) is 0 Å². The van der Waals surface area contributed by atoms with E-state index >= 15 is 0 Å². The van der Waals surface area contributed by atoms with Gasteiger partial charge in [-0.05, 0) is 6.42 Å². The van der Waals surface area contributed by atoms with Gasteiger partial charge in [0.25, 0.3) is 5.56 Å². The molecule has 5 atom stereocenters. The summed E-state index contributed by atoms with van der Waals surface area (Å²) in [5.41, 5.74) is 8.60. The van der Waals surface area contributed by atoms with Crippen molar-refractivity contribution in [2.75, 3.05) is 13.1 Å². The van der Waals surface area contributed by atoms with Gasteiger partial charge < -0.3 is 47.4 Å². The number of H-pyrrole nitrogens is 2. The molecule has 0 unspecified atom stereocenters. The maximum Gasteiger partial charge on any atom is 0.325 e. The van der Waals surface area contributed by atoms with Crippen LogP contribution in [-0.4, -0.2) is 81.3 Å². The van der Waals surface area contributed by atoms with E-state index in [4.69, 9.17) is 21.6 Å². The highest BCUT2D eigenvalue weighted by Crippen LogP contribution is 2.31. The standard InChI is InChI=1S/C18H28N8O8/c19-10(27)2-1-7(25-12(29)6-23-17(20)21)3-11(28)22-5-9-13(30)14(31)15(34-9)8-4-24-18(33)26-16(8)32/h4,7,9,13-15,30-31H,1-3,5-6H2,(H2,19,27)(H,22,28)(H,25,29)(H4,20,21,23)(H2,24,26,32,33)/t7-,9+,13+,14+,15-/m0/s1. The van der Waals surface area contributed by atoms with Crippen LogP contribution in [0.2, 0.25) is 0 Å². The van der Waals surface area contributed by atoms with Gasteiger partial charge in [0.2, 0.25) is 17.7 Å². The molecule has 0 radical (unpaired) electrons. The number of rotatable bonds is 11. The predicted molar refractivity (Wildman–Crippen MR) is 115 cm³/mol. The van der Waals surface area contributed by atoms with Crippen molar-refractivity contribution in [1.82, 2.24) is 25.9 Å². The Morgan fingerprint density at radius 1 is 1.15 bits per heavy atom. The average molecular weight is 484 g/mol. The fraction of sp³-hybridized carbons (Fsp3) is 0.556. The molecule has 1 aliphatic rings. The molecule has 0 saturated carbocycles. The van der Waals surface area contributed by atoms with Crippen LogP contribution in [0.15, 0.2) is 15.8 Å². The highest BCUT2D eigenvalue weighted by Gasteiger charge is 2.44. The lowest BCUT2D eigenvalue weighted by atomic mass is 10.0. The number of nitrogens with two attached hydrogens (primary N) is 2. The molecular formula is C18H28N8O8. The zero-order valence-electron chi connectivity index (χ0n) is 18.0. The lowest BCUT2D eigenvalue weighted by molar-refractivity contribution is -0.125. The van der Waals surface area contributed by atoms with Gasteiger partial charge in [-0.2, -0.15) is 0 Å². The molecule has 2 heterocycles. The summed E-state index contributed by atoms with van der Waals surface area (Å²) in [5, 5.41) is 34.9. The summed E-state index contributed by atoms with van der Waals surface area (Å²) < 4.78 is 5.52. The van der Waals surface area contributed by atoms with E-state index < -0.39 is 65.4 Å². The molecular weight excluding hydrogens is 456 g/mol. The Labute approximate surface area is 191 Å². The third kappa shape index (κ3) is 7.68. The highest BCUT2D eigenvalue weighted by atomic mass is 16.5. The molecule has 1 saturated heterocycles. The van der Waals surface area contributed by atoms with E-state index in [1.807, 2.05) is 4.98 Å². The summed E-state index contributed by atoms with van der Waals surface area (Å²) in [7, 11) is 0. The first-order valence-electron chi connectivity index (χ1n) is 10.2. The van der Waals surface area contributed by atoms with Gasteiger partial charge in [-0.15, -0.1) is 0 Å². The first kappa shape index (κ1) is 26.5. The maximum atomic E-state index is 12.4. The number of carbonyl (C=O) groups excluding carboxylic acids is 3. The summed E-state index contributed by atoms with van der Waals surface area (Å²) in [5.74, 6) is -2.17. The number of primary amides is 1. The van der Waals surface area contributed by atoms with E-state index in [0.29, 0.717) is 0 Å². The monoisotopic (exact) mass is 484 g/mol. The highest BCUT2D eigenvalue weighted by molar-refractivity contribution is 5.85. The Balaban J connectivity index is 1.94. The number of amides is 3. The molecule has 16 heteroatoms. The smallest absolute Gasteiger partial charge is 0.325 e. The normalized spacial score (nSPS) is 22.5. The summed E-state index contributed by atoms with van der Waals surface area (Å²) in [6.45, 7) is -0.549. The molecule has 1 aromatic heterocycles. The lowest BCUT2D eigenvalue weighted by Gasteiger charge is -2.20. The minimum absolute atomic E-state index is 0.0763. The molecule has 2 rings (SSSR count). The van der Waals surface area contributed by atoms with Crippen molar-refractivity contribution in [3.05, 3.63) is 32.6 Å². The number of ether oxygens (including phenoxy) is 1. The zero-order valence-corrected chi connectivity index (χ0v) is 18.0. The van der Waals surface area contributed by atoms with Gasteiger partial charge in [0.15, 0.2) is 5.96 Å². The van der Waals surface area contributed by atoms with E-state index in [2.05, 4.69) is 20.9 Å². The van der Waals surface area contributed by atoms with Gasteiger partial charge in [0, 0.05) is 31.6 Å². The number of hydrogen-bond acceptors (Lipinski definition) is 9. The van der Waals surface area contributed by atoms with Crippen LogP contribution in [0.4, 0.5) is 0 Å². The fourth-order valence-corrected chi connectivity index (χ4v) is 3.31. The third-order valence-electron chi connectivity index (χ3n) is 4.99. The van der Waals surface area contributed by atoms with E-state index in [9.17, 15) is 34.2 Å². The Bertz CT molecular complexity index is 1020. The first-order valence-corrected chi connectivity index (χ1v) is 10.2. The topological polar surface area (TPSA) is 279 Å². The van der Waals surface area contributed by atoms with Gasteiger partial charge in [-0.1, -0.05) is 0 Å². The second kappa shape index (κ2) is 11.9. The van der Waals surface area contributed by atoms with Crippen molar-refractivity contribution >= 4 is 23.7 Å². The van der Waals surface area contributed by atoms with E-state index in [-0.39, 0.29) is 37.9 Å². The summed E-state index contributed by atoms with van der Waals surface area (Å²) in [6.07, 6.45) is -4.45. The minimum Gasteiger partial charge on any atom is -0.388 e. The largest absolute Gasteiger partial charge is 0.388 e. The second-order valence-corrected chi connectivity index (χ2v) is 7.65. The molecule has 0 spiro atoms. The number of carbonyl (C=O) groups is 3. The second-order valence-electron chi connectivity index (χ2n) is 7.65. The number of nitrogens with one attached hydrogen (secondary N) is 6. The van der Waals surface area contributed by atoms with Crippen LogP contribution in [0, 0.1) is 5.41 Å². The molecule has 0 aromatic carbocycles. The minimum atomic E-state index is -1.50. The van der Waals surface area contributed by atoms with Gasteiger partial charge in [0.05, 0.1) is 12.1 Å². The van der Waals surface area contributed by atoms with Crippen LogP contribution in [0.5, 0.6) is 0 Å². The van der Waals surface area contributed by atoms with Crippen molar-refractivity contribution in [2.24, 2.45) is 11.5 Å². The average Bonchev–Trinajstić information content (AvgIpc) is 3.03. The molecule has 16 nitrogen and oxygen atoms in total. The first-order chi connectivity index (χ1) is 16.0. The molecule has 34 heavy (non-hydrogen) atoms. The van der Waals surface area contributed by atoms with Gasteiger partial charge >= 0.3 is 5.69 Å². The summed E-state index contributed by atoms with van der Waals surface area (Å²) in [6, 6.07) is -0.763. The SMILES string of the molecule is N=C(N)NCC(=O)N[C@@H](CCC(N)=O)CC(=O)NC[C@H]1O[C@@H](c2c[nH]c(=O)[nH]c2=O)[C@H](O)[C@@H]1O. The van der Waals surface area contributed by atoms with E-state index in [0.717, 1.165) is 6.20 Å². The fourth-order valence-electron chi connectivity index (χ4n) is 3.31. The Hall–Kier alpha value is -3.76. The van der Waals surface area contributed by atoms with E-state index in [1.165, 1.54) is 0 Å². The number of hydrogen-bond donors (Lipinski definition) is 10. The molecule has 188 valence electrons. The van der Waals surface area contributed by atoms with Gasteiger partial charge in [-0.25, -0.2) is 4.79 Å². The molecule has 12 N–H and O–H groups in total. The Morgan fingerprint density at radius 2 is 1.85 bits per heavy atom. The van der Waals surface area contributed by atoms with Crippen LogP contribution in [0.1, 0.15) is 30.9 Å². The van der Waals surface area contributed by atoms with Crippen molar-refractivity contribution in [2.45, 2.75) is 49.7 Å². The molecule has 1 aromatic rings. The predicted octanol–water partition coefficient (Wildman–Crippen LogP) is -5.04. The number of aliphatic hydroxyl groups excluding tert-OH is 2. The van der Waals surface area contributed by atoms with Gasteiger partial charge in [-0.3, -0.25) is 29.6 Å². The number of guanidine groups is 1. The zero-order chi connectivity index (χ0) is 25.4. The van der Waals surface area contributed by atoms with Gasteiger partial charge in [0.1, 0.15) is 24.4 Å². The number of aromatic amines is 2. The molecule has 1 aliphatic heterocycles. The number of aromatic nitrogens is 2. The van der Waals surface area contributed by atoms with Crippen LogP contribution >= 0.6 is 0 Å². The van der Waals surface area contributed by atoms with Crippen molar-refractivity contribution in [3.63, 3.8) is 0 Å². The third-order valence-corrected chi connectivity index (χ3v) is 4.99. The van der Waals surface area contributed by atoms with Crippen LogP contribution in [-0.2, 0) is 19.1 Å². The van der Waals surface area contributed by atoms with E-state index in [1.54, 1.807) is 0 Å².